The number of rotatable bonds is 2. The molecule has 0 amide bonds. The van der Waals surface area contributed by atoms with Crippen LogP contribution in [-0.2, 0) is 0 Å². The largest absolute Gasteiger partial charge is 0.398 e. The predicted octanol–water partition coefficient (Wildman–Crippen LogP) is 2.99. The van der Waals surface area contributed by atoms with Gasteiger partial charge in [-0.2, -0.15) is 0 Å². The Kier molecular flexibility index (Phi) is 3.55. The summed E-state index contributed by atoms with van der Waals surface area (Å²) in [5, 5.41) is 0. The smallest absolute Gasteiger partial charge is 0.130 e. The molecule has 1 aromatic heterocycles. The molecule has 2 unspecified atom stereocenters. The molecule has 1 aromatic rings. The Morgan fingerprint density at radius 1 is 1.35 bits per heavy atom. The Bertz CT molecular complexity index is 389. The number of hydrogen-bond acceptors (Lipinski definition) is 3. The number of hydrogen-bond donors (Lipinski definition) is 1. The van der Waals surface area contributed by atoms with Gasteiger partial charge in [0.25, 0.3) is 0 Å². The molecule has 0 saturated heterocycles. The van der Waals surface area contributed by atoms with Crippen LogP contribution >= 0.6 is 0 Å². The molecular formula is C14H23N3. The molecule has 1 heterocycles. The normalized spacial score (nSPS) is 24.6. The second kappa shape index (κ2) is 4.94. The SMILES string of the molecule is Cc1cnc(N(C)C2CCCCC2C)cc1N. The van der Waals surface area contributed by atoms with Crippen molar-refractivity contribution in [2.24, 2.45) is 5.92 Å². The monoisotopic (exact) mass is 233 g/mol. The Morgan fingerprint density at radius 3 is 2.71 bits per heavy atom. The number of nitrogens with two attached hydrogens (primary N) is 1. The summed E-state index contributed by atoms with van der Waals surface area (Å²) in [6, 6.07) is 2.61. The van der Waals surface area contributed by atoms with Crippen LogP contribution in [0.15, 0.2) is 12.3 Å². The minimum absolute atomic E-state index is 0.610. The lowest BCUT2D eigenvalue weighted by atomic mass is 9.85. The van der Waals surface area contributed by atoms with Crippen LogP contribution in [0.4, 0.5) is 11.5 Å². The number of aryl methyl sites for hydroxylation is 1. The molecule has 1 fully saturated rings. The molecule has 17 heavy (non-hydrogen) atoms. The third-order valence-electron chi connectivity index (χ3n) is 4.06. The summed E-state index contributed by atoms with van der Waals surface area (Å²) in [4.78, 5) is 6.80. The first-order valence-corrected chi connectivity index (χ1v) is 6.54. The van der Waals surface area contributed by atoms with Gasteiger partial charge in [0, 0.05) is 31.0 Å². The van der Waals surface area contributed by atoms with Crippen molar-refractivity contribution in [1.82, 2.24) is 4.98 Å². The molecule has 2 N–H and O–H groups in total. The van der Waals surface area contributed by atoms with Crippen molar-refractivity contribution in [3.63, 3.8) is 0 Å². The summed E-state index contributed by atoms with van der Waals surface area (Å²) in [5.74, 6) is 1.75. The predicted molar refractivity (Wildman–Crippen MR) is 73.2 cm³/mol. The van der Waals surface area contributed by atoms with Crippen LogP contribution in [0.1, 0.15) is 38.2 Å². The zero-order valence-electron chi connectivity index (χ0n) is 11.1. The topological polar surface area (TPSA) is 42.2 Å². The number of nitrogen functional groups attached to an aromatic ring is 1. The van der Waals surface area contributed by atoms with Gasteiger partial charge in [0.1, 0.15) is 5.82 Å². The van der Waals surface area contributed by atoms with E-state index in [0.29, 0.717) is 6.04 Å². The maximum Gasteiger partial charge on any atom is 0.130 e. The van der Waals surface area contributed by atoms with Gasteiger partial charge in [0.05, 0.1) is 0 Å². The van der Waals surface area contributed by atoms with Gasteiger partial charge in [-0.1, -0.05) is 19.8 Å². The molecule has 2 atom stereocenters. The summed E-state index contributed by atoms with van der Waals surface area (Å²) in [5.41, 5.74) is 7.85. The van der Waals surface area contributed by atoms with E-state index in [2.05, 4.69) is 23.9 Å². The molecule has 3 nitrogen and oxygen atoms in total. The zero-order chi connectivity index (χ0) is 12.4. The Hall–Kier alpha value is -1.25. The van der Waals surface area contributed by atoms with E-state index in [9.17, 15) is 0 Å². The molecule has 94 valence electrons. The van der Waals surface area contributed by atoms with Crippen LogP contribution in [-0.4, -0.2) is 18.1 Å². The van der Waals surface area contributed by atoms with Crippen LogP contribution in [0.5, 0.6) is 0 Å². The van der Waals surface area contributed by atoms with E-state index in [1.54, 1.807) is 0 Å². The van der Waals surface area contributed by atoms with Gasteiger partial charge < -0.3 is 10.6 Å². The molecule has 3 heteroatoms. The van der Waals surface area contributed by atoms with E-state index in [4.69, 9.17) is 5.73 Å². The van der Waals surface area contributed by atoms with Crippen LogP contribution in [0, 0.1) is 12.8 Å². The van der Waals surface area contributed by atoms with Gasteiger partial charge >= 0.3 is 0 Å². The zero-order valence-corrected chi connectivity index (χ0v) is 11.1. The van der Waals surface area contributed by atoms with Crippen molar-refractivity contribution in [2.45, 2.75) is 45.6 Å². The van der Waals surface area contributed by atoms with Crippen LogP contribution in [0.3, 0.4) is 0 Å². The summed E-state index contributed by atoms with van der Waals surface area (Å²) in [6.07, 6.45) is 7.17. The molecular weight excluding hydrogens is 210 g/mol. The molecule has 0 aliphatic heterocycles. The fourth-order valence-corrected chi connectivity index (χ4v) is 2.76. The molecule has 2 rings (SSSR count). The highest BCUT2D eigenvalue weighted by Gasteiger charge is 2.25. The Labute approximate surface area is 104 Å². The van der Waals surface area contributed by atoms with Crippen molar-refractivity contribution >= 4 is 11.5 Å². The van der Waals surface area contributed by atoms with Gasteiger partial charge in [-0.05, 0) is 31.2 Å². The third-order valence-corrected chi connectivity index (χ3v) is 4.06. The van der Waals surface area contributed by atoms with Crippen molar-refractivity contribution < 1.29 is 0 Å². The average Bonchev–Trinajstić information content (AvgIpc) is 2.32. The Balaban J connectivity index is 2.17. The van der Waals surface area contributed by atoms with Crippen molar-refractivity contribution in [3.8, 4) is 0 Å². The lowest BCUT2D eigenvalue weighted by Gasteiger charge is -2.37. The number of nitrogens with zero attached hydrogens (tertiary/aromatic N) is 2. The summed E-state index contributed by atoms with van der Waals surface area (Å²) >= 11 is 0. The van der Waals surface area contributed by atoms with Crippen LogP contribution in [0.25, 0.3) is 0 Å². The number of aromatic nitrogens is 1. The van der Waals surface area contributed by atoms with Crippen LogP contribution < -0.4 is 10.6 Å². The minimum Gasteiger partial charge on any atom is -0.398 e. The molecule has 0 bridgehead atoms. The maximum atomic E-state index is 5.96. The van der Waals surface area contributed by atoms with E-state index < -0.39 is 0 Å². The Morgan fingerprint density at radius 2 is 2.06 bits per heavy atom. The van der Waals surface area contributed by atoms with Gasteiger partial charge in [-0.25, -0.2) is 4.98 Å². The van der Waals surface area contributed by atoms with Crippen molar-refractivity contribution in [2.75, 3.05) is 17.7 Å². The summed E-state index contributed by atoms with van der Waals surface area (Å²) in [7, 11) is 2.14. The summed E-state index contributed by atoms with van der Waals surface area (Å²) in [6.45, 7) is 4.34. The summed E-state index contributed by atoms with van der Waals surface area (Å²) < 4.78 is 0. The first kappa shape index (κ1) is 12.2. The fourth-order valence-electron chi connectivity index (χ4n) is 2.76. The van der Waals surface area contributed by atoms with E-state index >= 15 is 0 Å². The van der Waals surface area contributed by atoms with Gasteiger partial charge in [0.15, 0.2) is 0 Å². The van der Waals surface area contributed by atoms with Gasteiger partial charge in [-0.3, -0.25) is 0 Å². The quantitative estimate of drug-likeness (QED) is 0.854. The third kappa shape index (κ3) is 2.54. The number of pyridine rings is 1. The lowest BCUT2D eigenvalue weighted by molar-refractivity contribution is 0.320. The molecule has 1 saturated carbocycles. The lowest BCUT2D eigenvalue weighted by Crippen LogP contribution is -2.39. The van der Waals surface area contributed by atoms with E-state index in [1.807, 2.05) is 19.2 Å². The second-order valence-corrected chi connectivity index (χ2v) is 5.34. The highest BCUT2D eigenvalue weighted by molar-refractivity contribution is 5.54. The van der Waals surface area contributed by atoms with Gasteiger partial charge in [-0.15, -0.1) is 0 Å². The van der Waals surface area contributed by atoms with Gasteiger partial charge in [0.2, 0.25) is 0 Å². The van der Waals surface area contributed by atoms with Crippen LogP contribution in [0.2, 0.25) is 0 Å². The highest BCUT2D eigenvalue weighted by Crippen LogP contribution is 2.30. The highest BCUT2D eigenvalue weighted by atomic mass is 15.2. The van der Waals surface area contributed by atoms with Crippen molar-refractivity contribution in [1.29, 1.82) is 0 Å². The molecule has 0 spiro atoms. The first-order valence-electron chi connectivity index (χ1n) is 6.54. The van der Waals surface area contributed by atoms with E-state index in [-0.39, 0.29) is 0 Å². The molecule has 1 aliphatic rings. The van der Waals surface area contributed by atoms with Crippen molar-refractivity contribution in [3.05, 3.63) is 17.8 Å². The fraction of sp³-hybridized carbons (Fsp3) is 0.643. The number of anilines is 2. The van der Waals surface area contributed by atoms with E-state index in [0.717, 1.165) is 23.0 Å². The standard InChI is InChI=1S/C14H23N3/c1-10-6-4-5-7-13(10)17(3)14-8-12(15)11(2)9-16-14/h8-10,13H,4-7H2,1-3H3,(H2,15,16). The molecule has 0 radical (unpaired) electrons. The maximum absolute atomic E-state index is 5.96. The second-order valence-electron chi connectivity index (χ2n) is 5.34. The van der Waals surface area contributed by atoms with E-state index in [1.165, 1.54) is 25.7 Å². The molecule has 0 aromatic carbocycles. The average molecular weight is 233 g/mol. The minimum atomic E-state index is 0.610. The first-order chi connectivity index (χ1) is 8.09. The molecule has 1 aliphatic carbocycles.